The molecule has 0 N–H and O–H groups in total. The lowest BCUT2D eigenvalue weighted by atomic mass is 9.79. The molecule has 3 saturated heterocycles. The molecule has 4 aliphatic rings. The molecule has 1 aliphatic carbocycles. The fourth-order valence-corrected chi connectivity index (χ4v) is 4.85. The molecule has 3 aliphatic heterocycles. The standard InChI is InChI=1S/C22H36O5/c1-13(5-6-17-14(2)24-17)11-21(23)26-19(8-7-18-15(3)25-18)16-9-10-22(4)20(12-16)27-22/h13-20H,5-12H2,1-4H3. The van der Waals surface area contributed by atoms with Crippen molar-refractivity contribution in [2.75, 3.05) is 0 Å². The van der Waals surface area contributed by atoms with Crippen LogP contribution in [0.15, 0.2) is 0 Å². The van der Waals surface area contributed by atoms with E-state index < -0.39 is 0 Å². The Morgan fingerprint density at radius 1 is 1.15 bits per heavy atom. The fourth-order valence-electron chi connectivity index (χ4n) is 4.85. The van der Waals surface area contributed by atoms with Crippen LogP contribution in [-0.2, 0) is 23.7 Å². The maximum Gasteiger partial charge on any atom is 0.306 e. The van der Waals surface area contributed by atoms with Gasteiger partial charge in [-0.2, -0.15) is 0 Å². The first-order valence-electron chi connectivity index (χ1n) is 11.0. The third-order valence-electron chi connectivity index (χ3n) is 7.24. The molecular formula is C22H36O5. The number of fused-ring (bicyclic) bond motifs is 1. The molecule has 9 unspecified atom stereocenters. The average Bonchev–Trinajstić information content (AvgIpc) is 3.53. The van der Waals surface area contributed by atoms with Crippen molar-refractivity contribution in [3.05, 3.63) is 0 Å². The van der Waals surface area contributed by atoms with E-state index >= 15 is 0 Å². The summed E-state index contributed by atoms with van der Waals surface area (Å²) in [5.74, 6) is 0.745. The lowest BCUT2D eigenvalue weighted by molar-refractivity contribution is -0.154. The highest BCUT2D eigenvalue weighted by Crippen LogP contribution is 2.50. The molecule has 4 rings (SSSR count). The van der Waals surface area contributed by atoms with Crippen LogP contribution in [0.25, 0.3) is 0 Å². The zero-order valence-electron chi connectivity index (χ0n) is 17.3. The SMILES string of the molecule is CC(CCC1OC1C)CC(=O)OC(CCC1OC1C)C1CCC2(C)OC2C1. The molecular weight excluding hydrogens is 344 g/mol. The summed E-state index contributed by atoms with van der Waals surface area (Å²) in [6, 6.07) is 0. The minimum atomic E-state index is -0.0351. The van der Waals surface area contributed by atoms with Crippen molar-refractivity contribution in [2.24, 2.45) is 11.8 Å². The predicted octanol–water partition coefficient (Wildman–Crippen LogP) is 4.02. The Kier molecular flexibility index (Phi) is 5.56. The molecule has 0 radical (unpaired) electrons. The van der Waals surface area contributed by atoms with Crippen LogP contribution >= 0.6 is 0 Å². The zero-order chi connectivity index (χ0) is 19.2. The van der Waals surface area contributed by atoms with Gasteiger partial charge in [0.15, 0.2) is 0 Å². The smallest absolute Gasteiger partial charge is 0.306 e. The lowest BCUT2D eigenvalue weighted by Gasteiger charge is -2.30. The highest BCUT2D eigenvalue weighted by Gasteiger charge is 2.56. The van der Waals surface area contributed by atoms with Crippen LogP contribution in [0.5, 0.6) is 0 Å². The van der Waals surface area contributed by atoms with Crippen molar-refractivity contribution in [2.45, 2.75) is 121 Å². The van der Waals surface area contributed by atoms with Gasteiger partial charge in [-0.05, 0) is 77.6 Å². The van der Waals surface area contributed by atoms with Gasteiger partial charge < -0.3 is 18.9 Å². The molecule has 0 amide bonds. The summed E-state index contributed by atoms with van der Waals surface area (Å²) in [4.78, 5) is 12.6. The molecule has 0 spiro atoms. The first-order chi connectivity index (χ1) is 12.8. The lowest BCUT2D eigenvalue weighted by Crippen LogP contribution is -2.33. The molecule has 5 nitrogen and oxygen atoms in total. The summed E-state index contributed by atoms with van der Waals surface area (Å²) in [6.45, 7) is 8.58. The van der Waals surface area contributed by atoms with Crippen molar-refractivity contribution in [3.63, 3.8) is 0 Å². The number of hydrogen-bond donors (Lipinski definition) is 0. The van der Waals surface area contributed by atoms with E-state index in [-0.39, 0.29) is 17.7 Å². The van der Waals surface area contributed by atoms with Gasteiger partial charge >= 0.3 is 5.97 Å². The number of rotatable bonds is 10. The van der Waals surface area contributed by atoms with Gasteiger partial charge in [0.1, 0.15) is 6.10 Å². The quantitative estimate of drug-likeness (QED) is 0.423. The van der Waals surface area contributed by atoms with Crippen LogP contribution in [0.2, 0.25) is 0 Å². The number of carbonyl (C=O) groups is 1. The van der Waals surface area contributed by atoms with E-state index in [4.69, 9.17) is 18.9 Å². The van der Waals surface area contributed by atoms with Gasteiger partial charge in [0.25, 0.3) is 0 Å². The van der Waals surface area contributed by atoms with Crippen LogP contribution in [0.3, 0.4) is 0 Å². The Bertz CT molecular complexity index is 551. The Morgan fingerprint density at radius 2 is 1.78 bits per heavy atom. The van der Waals surface area contributed by atoms with Crippen molar-refractivity contribution in [1.29, 1.82) is 0 Å². The maximum atomic E-state index is 12.6. The normalized spacial score (nSPS) is 44.1. The van der Waals surface area contributed by atoms with Gasteiger partial charge in [-0.15, -0.1) is 0 Å². The van der Waals surface area contributed by atoms with E-state index in [2.05, 4.69) is 27.7 Å². The maximum absolute atomic E-state index is 12.6. The molecule has 5 heteroatoms. The number of hydrogen-bond acceptors (Lipinski definition) is 5. The van der Waals surface area contributed by atoms with Gasteiger partial charge in [-0.3, -0.25) is 4.79 Å². The van der Waals surface area contributed by atoms with E-state index in [1.807, 2.05) is 0 Å². The van der Waals surface area contributed by atoms with Crippen molar-refractivity contribution >= 4 is 5.97 Å². The predicted molar refractivity (Wildman–Crippen MR) is 101 cm³/mol. The minimum absolute atomic E-state index is 0.0154. The molecule has 4 fully saturated rings. The average molecular weight is 381 g/mol. The molecule has 0 aromatic carbocycles. The minimum Gasteiger partial charge on any atom is -0.462 e. The number of carbonyl (C=O) groups excluding carboxylic acids is 1. The van der Waals surface area contributed by atoms with Crippen LogP contribution in [0.4, 0.5) is 0 Å². The second-order valence-corrected chi connectivity index (χ2v) is 9.71. The van der Waals surface area contributed by atoms with Gasteiger partial charge in [-0.25, -0.2) is 0 Å². The van der Waals surface area contributed by atoms with Crippen molar-refractivity contribution < 1.29 is 23.7 Å². The van der Waals surface area contributed by atoms with E-state index in [1.54, 1.807) is 0 Å². The second kappa shape index (κ2) is 7.64. The van der Waals surface area contributed by atoms with Crippen LogP contribution in [0, 0.1) is 11.8 Å². The molecule has 9 atom stereocenters. The highest BCUT2D eigenvalue weighted by molar-refractivity contribution is 5.69. The third kappa shape index (κ3) is 5.04. The Balaban J connectivity index is 1.24. The van der Waals surface area contributed by atoms with Crippen LogP contribution in [-0.4, -0.2) is 48.2 Å². The largest absolute Gasteiger partial charge is 0.462 e. The van der Waals surface area contributed by atoms with E-state index in [0.29, 0.717) is 48.8 Å². The van der Waals surface area contributed by atoms with Gasteiger partial charge in [0.2, 0.25) is 0 Å². The van der Waals surface area contributed by atoms with E-state index in [0.717, 1.165) is 44.9 Å². The number of esters is 1. The topological polar surface area (TPSA) is 63.9 Å². The number of epoxide rings is 3. The summed E-state index contributed by atoms with van der Waals surface area (Å²) in [5, 5.41) is 0. The summed E-state index contributed by atoms with van der Waals surface area (Å²) < 4.78 is 22.9. The van der Waals surface area contributed by atoms with E-state index in [9.17, 15) is 4.79 Å². The monoisotopic (exact) mass is 380 g/mol. The molecule has 27 heavy (non-hydrogen) atoms. The fraction of sp³-hybridized carbons (Fsp3) is 0.955. The molecule has 0 aromatic heterocycles. The molecule has 3 heterocycles. The molecule has 154 valence electrons. The summed E-state index contributed by atoms with van der Waals surface area (Å²) in [5.41, 5.74) is 0.107. The third-order valence-corrected chi connectivity index (χ3v) is 7.24. The first kappa shape index (κ1) is 19.7. The molecule has 0 aromatic rings. The molecule has 1 saturated carbocycles. The Hall–Kier alpha value is -0.650. The highest BCUT2D eigenvalue weighted by atomic mass is 16.6. The Labute approximate surface area is 163 Å². The zero-order valence-corrected chi connectivity index (χ0v) is 17.3. The summed E-state index contributed by atoms with van der Waals surface area (Å²) in [7, 11) is 0. The molecule has 0 bridgehead atoms. The van der Waals surface area contributed by atoms with Gasteiger partial charge in [0, 0.05) is 6.42 Å². The summed E-state index contributed by atoms with van der Waals surface area (Å²) in [6.07, 6.45) is 9.63. The second-order valence-electron chi connectivity index (χ2n) is 9.71. The number of ether oxygens (including phenoxy) is 4. The van der Waals surface area contributed by atoms with Crippen molar-refractivity contribution in [3.8, 4) is 0 Å². The summed E-state index contributed by atoms with van der Waals surface area (Å²) >= 11 is 0. The van der Waals surface area contributed by atoms with Crippen LogP contribution < -0.4 is 0 Å². The van der Waals surface area contributed by atoms with Crippen molar-refractivity contribution in [1.82, 2.24) is 0 Å². The van der Waals surface area contributed by atoms with Gasteiger partial charge in [0.05, 0.1) is 36.1 Å². The van der Waals surface area contributed by atoms with E-state index in [1.165, 1.54) is 0 Å². The Morgan fingerprint density at radius 3 is 2.37 bits per heavy atom. The van der Waals surface area contributed by atoms with Crippen LogP contribution in [0.1, 0.15) is 79.1 Å². The first-order valence-corrected chi connectivity index (χ1v) is 11.0. The van der Waals surface area contributed by atoms with Gasteiger partial charge in [-0.1, -0.05) is 6.92 Å².